The van der Waals surface area contributed by atoms with Crippen LogP contribution < -0.4 is 20.1 Å². The van der Waals surface area contributed by atoms with E-state index in [1.54, 1.807) is 78.9 Å². The molecule has 278 valence electrons. The molecule has 0 spiro atoms. The van der Waals surface area contributed by atoms with Crippen molar-refractivity contribution in [2.75, 3.05) is 5.32 Å². The number of benzene rings is 6. The van der Waals surface area contributed by atoms with E-state index in [9.17, 15) is 32.7 Å². The van der Waals surface area contributed by atoms with Gasteiger partial charge in [0.2, 0.25) is 0 Å². The Labute approximate surface area is 319 Å². The van der Waals surface area contributed by atoms with E-state index in [4.69, 9.17) is 21.1 Å². The minimum absolute atomic E-state index is 0.0241. The molecule has 0 aliphatic rings. The molecule has 1 atom stereocenters. The normalized spacial score (nSPS) is 11.6. The maximum atomic E-state index is 13.7. The molecule has 0 saturated heterocycles. The standard InChI is InChI=1S/C43H32ClF3N2O6/c44-32-20-23-37(48-41(52)30-16-21-34(22-17-30)55-33-6-2-1-3-7-33)36(24-32)42(53)49-38(25-40(50)51)29-14-12-28(13-15-29)35-8-4-5-9-39(35)54-26-27-10-18-31(19-11-27)43(45,46)47/h1-24,38H,25-26H2,(H,48,52)(H,49,53)(H,50,51). The third-order valence-corrected chi connectivity index (χ3v) is 8.68. The van der Waals surface area contributed by atoms with Crippen molar-refractivity contribution in [1.29, 1.82) is 0 Å². The molecule has 0 saturated carbocycles. The third-order valence-electron chi connectivity index (χ3n) is 8.44. The van der Waals surface area contributed by atoms with Gasteiger partial charge in [0.15, 0.2) is 0 Å². The summed E-state index contributed by atoms with van der Waals surface area (Å²) in [5.41, 5.74) is 2.19. The van der Waals surface area contributed by atoms with Gasteiger partial charge < -0.3 is 25.2 Å². The molecule has 0 heterocycles. The molecule has 1 unspecified atom stereocenters. The molecular formula is C43H32ClF3N2O6. The molecule has 6 rings (SSSR count). The lowest BCUT2D eigenvalue weighted by molar-refractivity contribution is -0.138. The van der Waals surface area contributed by atoms with Crippen molar-refractivity contribution in [3.63, 3.8) is 0 Å². The van der Waals surface area contributed by atoms with E-state index in [2.05, 4.69) is 10.6 Å². The second kappa shape index (κ2) is 17.0. The number of ether oxygens (including phenoxy) is 2. The molecule has 0 bridgehead atoms. The molecule has 55 heavy (non-hydrogen) atoms. The molecule has 0 aliphatic carbocycles. The van der Waals surface area contributed by atoms with Crippen molar-refractivity contribution in [3.8, 4) is 28.4 Å². The van der Waals surface area contributed by atoms with Crippen LogP contribution in [0.15, 0.2) is 146 Å². The van der Waals surface area contributed by atoms with Gasteiger partial charge in [-0.2, -0.15) is 13.2 Å². The molecule has 0 aromatic heterocycles. The number of para-hydroxylation sites is 2. The zero-order valence-corrected chi connectivity index (χ0v) is 29.6. The number of hydrogen-bond acceptors (Lipinski definition) is 5. The van der Waals surface area contributed by atoms with Gasteiger partial charge in [0, 0.05) is 16.1 Å². The number of carboxylic acids is 1. The van der Waals surface area contributed by atoms with E-state index in [0.717, 1.165) is 12.1 Å². The minimum Gasteiger partial charge on any atom is -0.488 e. The molecule has 0 aliphatic heterocycles. The number of hydrogen-bond donors (Lipinski definition) is 3. The second-order valence-corrected chi connectivity index (χ2v) is 12.7. The van der Waals surface area contributed by atoms with Gasteiger partial charge in [-0.05, 0) is 89.5 Å². The van der Waals surface area contributed by atoms with Gasteiger partial charge in [0.25, 0.3) is 11.8 Å². The number of alkyl halides is 3. The highest BCUT2D eigenvalue weighted by atomic mass is 35.5. The second-order valence-electron chi connectivity index (χ2n) is 12.3. The van der Waals surface area contributed by atoms with Crippen LogP contribution in [0.4, 0.5) is 18.9 Å². The number of carbonyl (C=O) groups excluding carboxylic acids is 2. The summed E-state index contributed by atoms with van der Waals surface area (Å²) < 4.78 is 50.7. The zero-order chi connectivity index (χ0) is 39.0. The summed E-state index contributed by atoms with van der Waals surface area (Å²) >= 11 is 6.25. The lowest BCUT2D eigenvalue weighted by Gasteiger charge is -2.20. The Hall–Kier alpha value is -6.59. The van der Waals surface area contributed by atoms with E-state index < -0.39 is 42.0 Å². The van der Waals surface area contributed by atoms with Crippen molar-refractivity contribution in [1.82, 2.24) is 5.32 Å². The lowest BCUT2D eigenvalue weighted by atomic mass is 9.98. The first kappa shape index (κ1) is 38.1. The van der Waals surface area contributed by atoms with Crippen molar-refractivity contribution in [3.05, 3.63) is 178 Å². The van der Waals surface area contributed by atoms with Crippen LogP contribution in [0.3, 0.4) is 0 Å². The van der Waals surface area contributed by atoms with Crippen LogP contribution in [-0.2, 0) is 17.6 Å². The average molecular weight is 765 g/mol. The summed E-state index contributed by atoms with van der Waals surface area (Å²) in [6.45, 7) is 0.0297. The van der Waals surface area contributed by atoms with Crippen LogP contribution in [0.1, 0.15) is 49.9 Å². The van der Waals surface area contributed by atoms with Crippen LogP contribution in [0.25, 0.3) is 11.1 Å². The fourth-order valence-corrected chi connectivity index (χ4v) is 5.82. The van der Waals surface area contributed by atoms with E-state index >= 15 is 0 Å². The van der Waals surface area contributed by atoms with Crippen LogP contribution in [0.5, 0.6) is 17.2 Å². The summed E-state index contributed by atoms with van der Waals surface area (Å²) in [5, 5.41) is 15.5. The molecule has 3 N–H and O–H groups in total. The quantitative estimate of drug-likeness (QED) is 0.108. The average Bonchev–Trinajstić information content (AvgIpc) is 3.18. The van der Waals surface area contributed by atoms with Gasteiger partial charge in [-0.3, -0.25) is 14.4 Å². The molecule has 2 amide bonds. The van der Waals surface area contributed by atoms with E-state index in [0.29, 0.717) is 45.1 Å². The first-order valence-corrected chi connectivity index (χ1v) is 17.3. The van der Waals surface area contributed by atoms with Crippen molar-refractivity contribution in [2.45, 2.75) is 25.2 Å². The summed E-state index contributed by atoms with van der Waals surface area (Å²) in [5.74, 6) is -0.666. The topological polar surface area (TPSA) is 114 Å². The van der Waals surface area contributed by atoms with Gasteiger partial charge >= 0.3 is 12.1 Å². The minimum atomic E-state index is -4.44. The molecule has 0 fully saturated rings. The van der Waals surface area contributed by atoms with Gasteiger partial charge in [0.05, 0.1) is 29.3 Å². The number of carboxylic acid groups (broad SMARTS) is 1. The van der Waals surface area contributed by atoms with Crippen molar-refractivity contribution < 1.29 is 42.1 Å². The van der Waals surface area contributed by atoms with Gasteiger partial charge in [-0.1, -0.05) is 84.4 Å². The third kappa shape index (κ3) is 10.1. The fourth-order valence-electron chi connectivity index (χ4n) is 5.65. The van der Waals surface area contributed by atoms with E-state index in [1.165, 1.54) is 30.3 Å². The number of aliphatic carboxylic acids is 1. The number of anilines is 1. The Morgan fingerprint density at radius 1 is 0.727 bits per heavy atom. The van der Waals surface area contributed by atoms with Crippen LogP contribution in [0, 0.1) is 0 Å². The highest BCUT2D eigenvalue weighted by Crippen LogP contribution is 2.33. The number of carbonyl (C=O) groups is 3. The molecular weight excluding hydrogens is 733 g/mol. The molecule has 12 heteroatoms. The van der Waals surface area contributed by atoms with Crippen molar-refractivity contribution in [2.24, 2.45) is 0 Å². The summed E-state index contributed by atoms with van der Waals surface area (Å²) in [6, 6.07) is 37.7. The van der Waals surface area contributed by atoms with Crippen LogP contribution in [-0.4, -0.2) is 22.9 Å². The first-order chi connectivity index (χ1) is 26.4. The highest BCUT2D eigenvalue weighted by Gasteiger charge is 2.30. The van der Waals surface area contributed by atoms with E-state index in [-0.39, 0.29) is 22.9 Å². The zero-order valence-electron chi connectivity index (χ0n) is 28.8. The Morgan fingerprint density at radius 2 is 1.38 bits per heavy atom. The van der Waals surface area contributed by atoms with E-state index in [1.807, 2.05) is 24.3 Å². The summed E-state index contributed by atoms with van der Waals surface area (Å²) in [6.07, 6.45) is -4.88. The Bertz CT molecular complexity index is 2280. The molecule has 8 nitrogen and oxygen atoms in total. The Kier molecular flexibility index (Phi) is 11.8. The predicted molar refractivity (Wildman–Crippen MR) is 202 cm³/mol. The van der Waals surface area contributed by atoms with Crippen LogP contribution in [0.2, 0.25) is 5.02 Å². The maximum absolute atomic E-state index is 13.7. The van der Waals surface area contributed by atoms with Crippen LogP contribution >= 0.6 is 11.6 Å². The SMILES string of the molecule is O=C(O)CC(NC(=O)c1cc(Cl)ccc1NC(=O)c1ccc(Oc2ccccc2)cc1)c1ccc(-c2ccccc2OCc2ccc(C(F)(F)F)cc2)cc1. The van der Waals surface area contributed by atoms with Gasteiger partial charge in [-0.25, -0.2) is 0 Å². The Balaban J connectivity index is 1.15. The number of rotatable bonds is 13. The number of halogens is 4. The number of nitrogens with one attached hydrogen (secondary N) is 2. The molecule has 0 radical (unpaired) electrons. The Morgan fingerprint density at radius 3 is 2.05 bits per heavy atom. The smallest absolute Gasteiger partial charge is 0.416 e. The fraction of sp³-hybridized carbons (Fsp3) is 0.0930. The maximum Gasteiger partial charge on any atom is 0.416 e. The largest absolute Gasteiger partial charge is 0.488 e. The van der Waals surface area contributed by atoms with Gasteiger partial charge in [0.1, 0.15) is 23.9 Å². The molecule has 6 aromatic rings. The highest BCUT2D eigenvalue weighted by molar-refractivity contribution is 6.31. The molecule has 6 aromatic carbocycles. The number of amides is 2. The van der Waals surface area contributed by atoms with Gasteiger partial charge in [-0.15, -0.1) is 0 Å². The first-order valence-electron chi connectivity index (χ1n) is 16.9. The summed E-state index contributed by atoms with van der Waals surface area (Å²) in [4.78, 5) is 38.9. The monoisotopic (exact) mass is 764 g/mol. The summed E-state index contributed by atoms with van der Waals surface area (Å²) in [7, 11) is 0. The van der Waals surface area contributed by atoms with Crippen molar-refractivity contribution >= 4 is 35.1 Å². The lowest BCUT2D eigenvalue weighted by Crippen LogP contribution is -2.31. The predicted octanol–water partition coefficient (Wildman–Crippen LogP) is 10.6.